The van der Waals surface area contributed by atoms with Crippen LogP contribution in [0.15, 0.2) is 0 Å². The summed E-state index contributed by atoms with van der Waals surface area (Å²) in [5.74, 6) is -1.68. The molecule has 0 radical (unpaired) electrons. The Balaban J connectivity index is 0. The standard InChI is InChI=1S/C12H22O4.K/c13-11(14)9-7-5-3-1-2-4-6-8-10-12(15)16;/h1-10H2,(H,13,14)(H,15,16);/q;+1/p-1. The summed E-state index contributed by atoms with van der Waals surface area (Å²) in [6.45, 7) is 0. The van der Waals surface area contributed by atoms with Gasteiger partial charge in [-0.2, -0.15) is 0 Å². The van der Waals surface area contributed by atoms with Gasteiger partial charge in [0.1, 0.15) is 0 Å². The number of carboxylic acid groups (broad SMARTS) is 2. The van der Waals surface area contributed by atoms with Crippen LogP contribution in [-0.2, 0) is 9.59 Å². The van der Waals surface area contributed by atoms with Gasteiger partial charge in [-0.15, -0.1) is 0 Å². The molecule has 0 aliphatic heterocycles. The first kappa shape index (κ1) is 19.9. The van der Waals surface area contributed by atoms with Gasteiger partial charge in [0.05, 0.1) is 0 Å². The van der Waals surface area contributed by atoms with Crippen LogP contribution in [0.25, 0.3) is 0 Å². The fraction of sp³-hybridized carbons (Fsp3) is 0.833. The van der Waals surface area contributed by atoms with E-state index in [0.29, 0.717) is 6.42 Å². The third-order valence-corrected chi connectivity index (χ3v) is 2.52. The van der Waals surface area contributed by atoms with Gasteiger partial charge in [0.2, 0.25) is 0 Å². The number of carbonyl (C=O) groups is 2. The van der Waals surface area contributed by atoms with E-state index in [1.54, 1.807) is 0 Å². The topological polar surface area (TPSA) is 77.4 Å². The van der Waals surface area contributed by atoms with Crippen molar-refractivity contribution in [3.8, 4) is 0 Å². The Bertz CT molecular complexity index is 185. The van der Waals surface area contributed by atoms with Gasteiger partial charge in [-0.05, 0) is 19.3 Å². The van der Waals surface area contributed by atoms with Crippen molar-refractivity contribution in [1.82, 2.24) is 0 Å². The van der Waals surface area contributed by atoms with E-state index >= 15 is 0 Å². The second kappa shape index (κ2) is 14.6. The van der Waals surface area contributed by atoms with Crippen molar-refractivity contribution in [2.45, 2.75) is 64.2 Å². The molecule has 0 aliphatic carbocycles. The van der Waals surface area contributed by atoms with Crippen LogP contribution in [0.1, 0.15) is 64.2 Å². The van der Waals surface area contributed by atoms with Crippen LogP contribution in [0.4, 0.5) is 0 Å². The molecule has 0 spiro atoms. The summed E-state index contributed by atoms with van der Waals surface area (Å²) in [4.78, 5) is 20.3. The van der Waals surface area contributed by atoms with E-state index in [-0.39, 0.29) is 64.2 Å². The maximum absolute atomic E-state index is 10.2. The minimum absolute atomic E-state index is 0. The fourth-order valence-corrected chi connectivity index (χ4v) is 1.61. The Morgan fingerprint density at radius 2 is 1.12 bits per heavy atom. The average Bonchev–Trinajstić information content (AvgIpc) is 2.20. The Morgan fingerprint density at radius 1 is 0.765 bits per heavy atom. The molecule has 0 aliphatic rings. The summed E-state index contributed by atoms with van der Waals surface area (Å²) in [6, 6.07) is 0. The van der Waals surface area contributed by atoms with E-state index in [2.05, 4.69) is 0 Å². The van der Waals surface area contributed by atoms with Crippen molar-refractivity contribution in [2.24, 2.45) is 0 Å². The summed E-state index contributed by atoms with van der Waals surface area (Å²) in [7, 11) is 0. The van der Waals surface area contributed by atoms with E-state index in [1.807, 2.05) is 0 Å². The van der Waals surface area contributed by atoms with Crippen molar-refractivity contribution in [1.29, 1.82) is 0 Å². The third-order valence-electron chi connectivity index (χ3n) is 2.52. The second-order valence-electron chi connectivity index (χ2n) is 4.09. The van der Waals surface area contributed by atoms with Crippen molar-refractivity contribution in [2.75, 3.05) is 0 Å². The average molecular weight is 268 g/mol. The molecule has 0 aromatic heterocycles. The van der Waals surface area contributed by atoms with Crippen LogP contribution in [0.2, 0.25) is 0 Å². The third kappa shape index (κ3) is 19.1. The van der Waals surface area contributed by atoms with Crippen LogP contribution in [0, 0.1) is 0 Å². The number of hydrogen-bond donors (Lipinski definition) is 1. The number of carbonyl (C=O) groups excluding carboxylic acids is 1. The Kier molecular flexibility index (Phi) is 17.1. The quantitative estimate of drug-likeness (QED) is 0.374. The van der Waals surface area contributed by atoms with Crippen molar-refractivity contribution < 1.29 is 71.2 Å². The summed E-state index contributed by atoms with van der Waals surface area (Å²) in [5.41, 5.74) is 0. The minimum Gasteiger partial charge on any atom is -0.550 e. The van der Waals surface area contributed by atoms with Crippen LogP contribution in [-0.4, -0.2) is 17.0 Å². The first-order valence-corrected chi connectivity index (χ1v) is 6.04. The molecular formula is C12H21KO4. The molecule has 0 aromatic carbocycles. The van der Waals surface area contributed by atoms with Gasteiger partial charge in [-0.3, -0.25) is 4.79 Å². The second-order valence-corrected chi connectivity index (χ2v) is 4.09. The van der Waals surface area contributed by atoms with Gasteiger partial charge in [0, 0.05) is 12.4 Å². The zero-order valence-corrected chi connectivity index (χ0v) is 13.9. The van der Waals surface area contributed by atoms with Gasteiger partial charge in [0.25, 0.3) is 0 Å². The Hall–Kier alpha value is 0.576. The zero-order chi connectivity index (χ0) is 12.2. The molecule has 1 N–H and O–H groups in total. The molecule has 17 heavy (non-hydrogen) atoms. The fourth-order valence-electron chi connectivity index (χ4n) is 1.61. The monoisotopic (exact) mass is 268 g/mol. The van der Waals surface area contributed by atoms with E-state index in [1.165, 1.54) is 0 Å². The Labute approximate surface area is 146 Å². The van der Waals surface area contributed by atoms with E-state index in [4.69, 9.17) is 5.11 Å². The molecule has 0 saturated carbocycles. The largest absolute Gasteiger partial charge is 1.00 e. The molecular weight excluding hydrogens is 247 g/mol. The minimum atomic E-state index is -0.964. The molecule has 4 nitrogen and oxygen atoms in total. The predicted octanol–water partition coefficient (Wildman–Crippen LogP) is -1.27. The van der Waals surface area contributed by atoms with Crippen LogP contribution < -0.4 is 56.5 Å². The Morgan fingerprint density at radius 3 is 1.47 bits per heavy atom. The van der Waals surface area contributed by atoms with E-state index < -0.39 is 11.9 Å². The maximum Gasteiger partial charge on any atom is 1.00 e. The van der Waals surface area contributed by atoms with Gasteiger partial charge < -0.3 is 15.0 Å². The maximum atomic E-state index is 10.2. The summed E-state index contributed by atoms with van der Waals surface area (Å²) < 4.78 is 0. The van der Waals surface area contributed by atoms with Crippen molar-refractivity contribution >= 4 is 11.9 Å². The SMILES string of the molecule is O=C([O-])CCCCCCCCCCC(=O)O.[K+]. The first-order chi connectivity index (χ1) is 7.63. The van der Waals surface area contributed by atoms with Gasteiger partial charge >= 0.3 is 57.4 Å². The van der Waals surface area contributed by atoms with Gasteiger partial charge in [0.15, 0.2) is 0 Å². The number of hydrogen-bond acceptors (Lipinski definition) is 3. The molecule has 94 valence electrons. The van der Waals surface area contributed by atoms with Crippen molar-refractivity contribution in [3.63, 3.8) is 0 Å². The molecule has 0 fully saturated rings. The van der Waals surface area contributed by atoms with Gasteiger partial charge in [-0.25, -0.2) is 0 Å². The molecule has 0 amide bonds. The summed E-state index contributed by atoms with van der Waals surface area (Å²) >= 11 is 0. The van der Waals surface area contributed by atoms with E-state index in [0.717, 1.165) is 44.9 Å². The molecule has 0 heterocycles. The molecule has 0 unspecified atom stereocenters. The van der Waals surface area contributed by atoms with E-state index in [9.17, 15) is 14.7 Å². The van der Waals surface area contributed by atoms with Crippen LogP contribution >= 0.6 is 0 Å². The predicted molar refractivity (Wildman–Crippen MR) is 58.8 cm³/mol. The zero-order valence-electron chi connectivity index (χ0n) is 10.7. The first-order valence-electron chi connectivity index (χ1n) is 6.04. The molecule has 0 aromatic rings. The molecule has 5 heteroatoms. The number of aliphatic carboxylic acids is 2. The molecule has 0 atom stereocenters. The number of unbranched alkanes of at least 4 members (excludes halogenated alkanes) is 7. The smallest absolute Gasteiger partial charge is 0.550 e. The number of carboxylic acids is 2. The van der Waals surface area contributed by atoms with Crippen molar-refractivity contribution in [3.05, 3.63) is 0 Å². The molecule has 0 rings (SSSR count). The summed E-state index contributed by atoms with van der Waals surface area (Å²) in [5, 5.41) is 18.5. The van der Waals surface area contributed by atoms with Gasteiger partial charge in [-0.1, -0.05) is 38.5 Å². The summed E-state index contributed by atoms with van der Waals surface area (Å²) in [6.07, 6.45) is 8.20. The van der Waals surface area contributed by atoms with Crippen LogP contribution in [0.5, 0.6) is 0 Å². The number of rotatable bonds is 11. The normalized spacial score (nSPS) is 9.65. The molecule has 0 saturated heterocycles. The molecule has 0 bridgehead atoms. The van der Waals surface area contributed by atoms with Crippen LogP contribution in [0.3, 0.4) is 0 Å².